The first-order valence-electron chi connectivity index (χ1n) is 8.64. The van der Waals surface area contributed by atoms with Crippen LogP contribution in [0.25, 0.3) is 0 Å². The lowest BCUT2D eigenvalue weighted by Crippen LogP contribution is -2.45. The Morgan fingerprint density at radius 2 is 2.09 bits per heavy atom. The maximum atomic E-state index is 6.04. The molecular weight excluding hydrogens is 284 g/mol. The van der Waals surface area contributed by atoms with Crippen molar-refractivity contribution in [2.75, 3.05) is 26.7 Å². The topological polar surface area (TPSA) is 44.9 Å². The Morgan fingerprint density at radius 3 is 2.83 bits per heavy atom. The molecule has 0 saturated carbocycles. The number of piperidine rings is 1. The van der Waals surface area contributed by atoms with Gasteiger partial charge in [-0.15, -0.1) is 0 Å². The molecule has 1 saturated heterocycles. The van der Waals surface area contributed by atoms with Crippen molar-refractivity contribution < 1.29 is 0 Å². The van der Waals surface area contributed by atoms with Crippen LogP contribution in [0.3, 0.4) is 0 Å². The van der Waals surface area contributed by atoms with Crippen molar-refractivity contribution in [3.63, 3.8) is 0 Å². The molecule has 4 nitrogen and oxygen atoms in total. The molecule has 2 aliphatic rings. The maximum Gasteiger partial charge on any atom is 0.195 e. The second-order valence-electron chi connectivity index (χ2n) is 6.82. The molecule has 1 aromatic carbocycles. The highest BCUT2D eigenvalue weighted by Gasteiger charge is 2.30. The van der Waals surface area contributed by atoms with Gasteiger partial charge in [0.15, 0.2) is 5.96 Å². The summed E-state index contributed by atoms with van der Waals surface area (Å²) in [6.07, 6.45) is 4.57. The molecule has 2 N–H and O–H groups in total. The summed E-state index contributed by atoms with van der Waals surface area (Å²) < 4.78 is 0. The highest BCUT2D eigenvalue weighted by Crippen LogP contribution is 2.28. The van der Waals surface area contributed by atoms with Crippen LogP contribution in [0.1, 0.15) is 24.8 Å². The maximum absolute atomic E-state index is 6.04. The van der Waals surface area contributed by atoms with Gasteiger partial charge in [0.2, 0.25) is 0 Å². The van der Waals surface area contributed by atoms with E-state index in [0.29, 0.717) is 17.9 Å². The van der Waals surface area contributed by atoms with E-state index in [1.807, 2.05) is 11.9 Å². The van der Waals surface area contributed by atoms with E-state index in [2.05, 4.69) is 41.8 Å². The van der Waals surface area contributed by atoms with E-state index in [9.17, 15) is 0 Å². The largest absolute Gasteiger partial charge is 0.370 e. The summed E-state index contributed by atoms with van der Waals surface area (Å²) in [5.41, 5.74) is 8.54. The van der Waals surface area contributed by atoms with Crippen LogP contribution in [-0.4, -0.2) is 48.5 Å². The lowest BCUT2D eigenvalue weighted by Gasteiger charge is -2.39. The Morgan fingerprint density at radius 1 is 1.30 bits per heavy atom. The molecule has 2 aliphatic heterocycles. The SMILES string of the molecule is C=C1CC(C2CCCN(CCc3ccccc3)C2)N=C(N)N1C. The number of rotatable bonds is 4. The fourth-order valence-corrected chi connectivity index (χ4v) is 3.65. The molecule has 2 unspecified atom stereocenters. The summed E-state index contributed by atoms with van der Waals surface area (Å²) in [4.78, 5) is 9.22. The van der Waals surface area contributed by atoms with Gasteiger partial charge in [-0.25, -0.2) is 4.99 Å². The Bertz CT molecular complexity index is 566. The van der Waals surface area contributed by atoms with Gasteiger partial charge in [-0.2, -0.15) is 0 Å². The predicted molar refractivity (Wildman–Crippen MR) is 96.2 cm³/mol. The van der Waals surface area contributed by atoms with Gasteiger partial charge < -0.3 is 15.5 Å². The highest BCUT2D eigenvalue weighted by atomic mass is 15.3. The molecule has 2 heterocycles. The normalized spacial score (nSPS) is 26.2. The lowest BCUT2D eigenvalue weighted by atomic mass is 9.87. The van der Waals surface area contributed by atoms with Crippen LogP contribution < -0.4 is 5.73 Å². The molecular formula is C19H28N4. The van der Waals surface area contributed by atoms with Crippen LogP contribution >= 0.6 is 0 Å². The van der Waals surface area contributed by atoms with Crippen molar-refractivity contribution in [1.29, 1.82) is 0 Å². The molecule has 2 atom stereocenters. The first kappa shape index (κ1) is 16.1. The van der Waals surface area contributed by atoms with E-state index >= 15 is 0 Å². The Kier molecular flexibility index (Phi) is 5.01. The quantitative estimate of drug-likeness (QED) is 0.929. The zero-order chi connectivity index (χ0) is 16.2. The number of nitrogens with zero attached hydrogens (tertiary/aromatic N) is 3. The standard InChI is InChI=1S/C19H28N4/c1-15-13-18(21-19(20)22(15)2)17-9-6-11-23(14-17)12-10-16-7-4-3-5-8-16/h3-5,7-8,17-18H,1,6,9-14H2,2H3,(H2,20,21). The Labute approximate surface area is 139 Å². The van der Waals surface area contributed by atoms with Crippen LogP contribution in [0.4, 0.5) is 0 Å². The molecule has 1 aromatic rings. The molecule has 0 radical (unpaired) electrons. The number of hydrogen-bond acceptors (Lipinski definition) is 4. The average Bonchev–Trinajstić information content (AvgIpc) is 2.58. The first-order chi connectivity index (χ1) is 11.1. The summed E-state index contributed by atoms with van der Waals surface area (Å²) in [5, 5.41) is 0. The third-order valence-electron chi connectivity index (χ3n) is 5.21. The van der Waals surface area contributed by atoms with Gasteiger partial charge in [0.1, 0.15) is 0 Å². The van der Waals surface area contributed by atoms with Gasteiger partial charge in [-0.1, -0.05) is 36.9 Å². The van der Waals surface area contributed by atoms with Crippen molar-refractivity contribution in [3.8, 4) is 0 Å². The Hall–Kier alpha value is -1.81. The average molecular weight is 312 g/mol. The van der Waals surface area contributed by atoms with E-state index in [1.54, 1.807) is 0 Å². The molecule has 0 amide bonds. The van der Waals surface area contributed by atoms with Crippen LogP contribution in [0.2, 0.25) is 0 Å². The van der Waals surface area contributed by atoms with Crippen molar-refractivity contribution in [2.24, 2.45) is 16.6 Å². The molecule has 4 heteroatoms. The minimum Gasteiger partial charge on any atom is -0.370 e. The monoisotopic (exact) mass is 312 g/mol. The third kappa shape index (κ3) is 3.94. The molecule has 3 rings (SSSR count). The van der Waals surface area contributed by atoms with Gasteiger partial charge in [-0.05, 0) is 37.3 Å². The van der Waals surface area contributed by atoms with Gasteiger partial charge in [0.25, 0.3) is 0 Å². The van der Waals surface area contributed by atoms with Crippen molar-refractivity contribution in [3.05, 3.63) is 48.2 Å². The van der Waals surface area contributed by atoms with Crippen LogP contribution in [0.15, 0.2) is 47.6 Å². The molecule has 124 valence electrons. The zero-order valence-electron chi connectivity index (χ0n) is 14.1. The zero-order valence-corrected chi connectivity index (χ0v) is 14.1. The summed E-state index contributed by atoms with van der Waals surface area (Å²) in [6, 6.07) is 11.1. The van der Waals surface area contributed by atoms with Crippen LogP contribution in [0, 0.1) is 5.92 Å². The molecule has 0 bridgehead atoms. The minimum atomic E-state index is 0.304. The fraction of sp³-hybridized carbons (Fsp3) is 0.526. The molecule has 0 aromatic heterocycles. The predicted octanol–water partition coefficient (Wildman–Crippen LogP) is 2.47. The van der Waals surface area contributed by atoms with E-state index in [1.165, 1.54) is 24.9 Å². The number of likely N-dealkylation sites (tertiary alicyclic amines) is 1. The summed E-state index contributed by atoms with van der Waals surface area (Å²) in [5.74, 6) is 1.22. The smallest absolute Gasteiger partial charge is 0.195 e. The summed E-state index contributed by atoms with van der Waals surface area (Å²) in [6.45, 7) is 7.60. The lowest BCUT2D eigenvalue weighted by molar-refractivity contribution is 0.155. The van der Waals surface area contributed by atoms with Crippen molar-refractivity contribution >= 4 is 5.96 Å². The second-order valence-corrected chi connectivity index (χ2v) is 6.82. The number of guanidine groups is 1. The number of aliphatic imine (C=N–C) groups is 1. The van der Waals surface area contributed by atoms with Gasteiger partial charge in [-0.3, -0.25) is 0 Å². The molecule has 0 spiro atoms. The van der Waals surface area contributed by atoms with Crippen LogP contribution in [0.5, 0.6) is 0 Å². The Balaban J connectivity index is 1.57. The first-order valence-corrected chi connectivity index (χ1v) is 8.64. The second kappa shape index (κ2) is 7.18. The van der Waals surface area contributed by atoms with E-state index < -0.39 is 0 Å². The van der Waals surface area contributed by atoms with E-state index in [4.69, 9.17) is 10.7 Å². The summed E-state index contributed by atoms with van der Waals surface area (Å²) >= 11 is 0. The molecule has 0 aliphatic carbocycles. The number of benzene rings is 1. The fourth-order valence-electron chi connectivity index (χ4n) is 3.65. The van der Waals surface area contributed by atoms with E-state index in [-0.39, 0.29) is 0 Å². The van der Waals surface area contributed by atoms with Gasteiger partial charge in [0, 0.05) is 32.3 Å². The highest BCUT2D eigenvalue weighted by molar-refractivity contribution is 5.80. The van der Waals surface area contributed by atoms with Crippen molar-refractivity contribution in [1.82, 2.24) is 9.80 Å². The summed E-state index contributed by atoms with van der Waals surface area (Å²) in [7, 11) is 1.95. The van der Waals surface area contributed by atoms with Gasteiger partial charge >= 0.3 is 0 Å². The van der Waals surface area contributed by atoms with Crippen LogP contribution in [-0.2, 0) is 6.42 Å². The molecule has 23 heavy (non-hydrogen) atoms. The molecule has 1 fully saturated rings. The van der Waals surface area contributed by atoms with Crippen molar-refractivity contribution in [2.45, 2.75) is 31.7 Å². The number of hydrogen-bond donors (Lipinski definition) is 1. The van der Waals surface area contributed by atoms with E-state index in [0.717, 1.165) is 31.6 Å². The minimum absolute atomic E-state index is 0.304. The number of nitrogens with two attached hydrogens (primary N) is 1. The third-order valence-corrected chi connectivity index (χ3v) is 5.21. The van der Waals surface area contributed by atoms with Gasteiger partial charge in [0.05, 0.1) is 6.04 Å².